The molecular weight excluding hydrogens is 224 g/mol. The predicted octanol–water partition coefficient (Wildman–Crippen LogP) is 1.99. The van der Waals surface area contributed by atoms with Crippen molar-refractivity contribution < 1.29 is 0 Å². The molecule has 0 spiro atoms. The first-order valence-electron chi connectivity index (χ1n) is 6.55. The van der Waals surface area contributed by atoms with Crippen molar-refractivity contribution in [2.75, 3.05) is 27.2 Å². The Morgan fingerprint density at radius 3 is 3.06 bits per heavy atom. The summed E-state index contributed by atoms with van der Waals surface area (Å²) in [5.41, 5.74) is 3.49. The van der Waals surface area contributed by atoms with Crippen LogP contribution in [0.2, 0.25) is 0 Å². The Morgan fingerprint density at radius 1 is 1.33 bits per heavy atom. The monoisotopic (exact) mass is 246 g/mol. The van der Waals surface area contributed by atoms with Crippen molar-refractivity contribution in [1.82, 2.24) is 20.2 Å². The predicted molar refractivity (Wildman–Crippen MR) is 75.6 cm³/mol. The van der Waals surface area contributed by atoms with E-state index >= 15 is 0 Å². The van der Waals surface area contributed by atoms with Crippen LogP contribution in [0.1, 0.15) is 18.4 Å². The number of unbranched alkanes of at least 4 members (excludes halogenated alkanes) is 1. The highest BCUT2D eigenvalue weighted by Crippen LogP contribution is 2.13. The molecule has 0 atom stereocenters. The highest BCUT2D eigenvalue weighted by atomic mass is 15.1. The number of aromatic nitrogens is 2. The number of rotatable bonds is 7. The van der Waals surface area contributed by atoms with Gasteiger partial charge in [-0.2, -0.15) is 0 Å². The van der Waals surface area contributed by atoms with Gasteiger partial charge < -0.3 is 15.2 Å². The number of hydrogen-bond acceptors (Lipinski definition) is 3. The summed E-state index contributed by atoms with van der Waals surface area (Å²) in [6, 6.07) is 6.43. The number of fused-ring (bicyclic) bond motifs is 1. The third-order valence-electron chi connectivity index (χ3n) is 3.15. The molecule has 0 saturated heterocycles. The second-order valence-corrected chi connectivity index (χ2v) is 4.80. The quantitative estimate of drug-likeness (QED) is 0.734. The fourth-order valence-corrected chi connectivity index (χ4v) is 2.16. The lowest BCUT2D eigenvalue weighted by Gasteiger charge is -2.16. The summed E-state index contributed by atoms with van der Waals surface area (Å²) >= 11 is 0. The van der Waals surface area contributed by atoms with Crippen LogP contribution in [0.25, 0.3) is 11.0 Å². The highest BCUT2D eigenvalue weighted by molar-refractivity contribution is 5.74. The molecule has 4 heteroatoms. The smallest absolute Gasteiger partial charge is 0.0931 e. The molecule has 0 aliphatic heterocycles. The van der Waals surface area contributed by atoms with Crippen LogP contribution >= 0.6 is 0 Å². The Labute approximate surface area is 108 Å². The van der Waals surface area contributed by atoms with E-state index in [2.05, 4.69) is 45.4 Å². The lowest BCUT2D eigenvalue weighted by molar-refractivity contribution is 0.318. The first kappa shape index (κ1) is 13.1. The molecule has 0 saturated carbocycles. The van der Waals surface area contributed by atoms with Gasteiger partial charge in [0.05, 0.1) is 17.4 Å². The van der Waals surface area contributed by atoms with E-state index in [9.17, 15) is 0 Å². The van der Waals surface area contributed by atoms with E-state index in [1.54, 1.807) is 6.33 Å². The van der Waals surface area contributed by atoms with Gasteiger partial charge in [0.1, 0.15) is 0 Å². The van der Waals surface area contributed by atoms with Gasteiger partial charge in [-0.15, -0.1) is 0 Å². The summed E-state index contributed by atoms with van der Waals surface area (Å²) in [7, 11) is 4.18. The molecule has 1 heterocycles. The molecule has 0 aliphatic rings. The largest absolute Gasteiger partial charge is 0.345 e. The molecular formula is C14H22N4. The standard InChI is InChI=1S/C14H22N4/c1-15-7-3-4-8-18(2)10-12-5-6-13-14(9-12)17-11-16-13/h5-6,9,11,15H,3-4,7-8,10H2,1-2H3,(H,16,17). The van der Waals surface area contributed by atoms with E-state index in [0.717, 1.165) is 30.7 Å². The van der Waals surface area contributed by atoms with Gasteiger partial charge in [0.2, 0.25) is 0 Å². The maximum Gasteiger partial charge on any atom is 0.0931 e. The summed E-state index contributed by atoms with van der Waals surface area (Å²) in [4.78, 5) is 9.76. The number of aromatic amines is 1. The third kappa shape index (κ3) is 3.55. The first-order chi connectivity index (χ1) is 8.79. The molecule has 4 nitrogen and oxygen atoms in total. The SMILES string of the molecule is CNCCCCN(C)Cc1ccc2nc[nH]c2c1. The van der Waals surface area contributed by atoms with Crippen molar-refractivity contribution in [2.24, 2.45) is 0 Å². The summed E-state index contributed by atoms with van der Waals surface area (Å²) in [6.45, 7) is 3.24. The normalized spacial score (nSPS) is 11.5. The zero-order chi connectivity index (χ0) is 12.8. The Hall–Kier alpha value is -1.39. The average Bonchev–Trinajstić information content (AvgIpc) is 2.82. The Balaban J connectivity index is 1.84. The van der Waals surface area contributed by atoms with Gasteiger partial charge in [-0.05, 0) is 57.7 Å². The number of hydrogen-bond donors (Lipinski definition) is 2. The topological polar surface area (TPSA) is 44.0 Å². The fraction of sp³-hybridized carbons (Fsp3) is 0.500. The molecule has 2 aromatic rings. The van der Waals surface area contributed by atoms with Crippen LogP contribution in [0.5, 0.6) is 0 Å². The Kier molecular flexibility index (Phi) is 4.73. The van der Waals surface area contributed by atoms with Gasteiger partial charge in [-0.1, -0.05) is 6.07 Å². The maximum atomic E-state index is 4.23. The van der Waals surface area contributed by atoms with Crippen molar-refractivity contribution in [3.63, 3.8) is 0 Å². The van der Waals surface area contributed by atoms with E-state index in [1.807, 2.05) is 7.05 Å². The second kappa shape index (κ2) is 6.52. The molecule has 0 amide bonds. The number of imidazole rings is 1. The average molecular weight is 246 g/mol. The summed E-state index contributed by atoms with van der Waals surface area (Å²) < 4.78 is 0. The summed E-state index contributed by atoms with van der Waals surface area (Å²) in [6.07, 6.45) is 4.22. The van der Waals surface area contributed by atoms with Crippen molar-refractivity contribution in [2.45, 2.75) is 19.4 Å². The number of nitrogens with zero attached hydrogens (tertiary/aromatic N) is 2. The van der Waals surface area contributed by atoms with Crippen LogP contribution in [0.3, 0.4) is 0 Å². The van der Waals surface area contributed by atoms with Crippen LogP contribution in [0.4, 0.5) is 0 Å². The van der Waals surface area contributed by atoms with Gasteiger partial charge >= 0.3 is 0 Å². The number of nitrogens with one attached hydrogen (secondary N) is 2. The Morgan fingerprint density at radius 2 is 2.22 bits per heavy atom. The molecule has 1 aromatic heterocycles. The number of benzene rings is 1. The molecule has 2 rings (SSSR count). The molecule has 98 valence electrons. The van der Waals surface area contributed by atoms with Gasteiger partial charge in [-0.25, -0.2) is 4.98 Å². The molecule has 0 bridgehead atoms. The lowest BCUT2D eigenvalue weighted by atomic mass is 10.2. The molecule has 2 N–H and O–H groups in total. The number of H-pyrrole nitrogens is 1. The molecule has 0 radical (unpaired) electrons. The molecule has 0 fully saturated rings. The van der Waals surface area contributed by atoms with E-state index in [4.69, 9.17) is 0 Å². The van der Waals surface area contributed by atoms with Gasteiger partial charge in [0, 0.05) is 6.54 Å². The summed E-state index contributed by atoms with van der Waals surface area (Å²) in [5.74, 6) is 0. The molecule has 18 heavy (non-hydrogen) atoms. The third-order valence-corrected chi connectivity index (χ3v) is 3.15. The van der Waals surface area contributed by atoms with E-state index in [1.165, 1.54) is 18.4 Å². The van der Waals surface area contributed by atoms with E-state index in [-0.39, 0.29) is 0 Å². The highest BCUT2D eigenvalue weighted by Gasteiger charge is 2.02. The zero-order valence-electron chi connectivity index (χ0n) is 11.2. The van der Waals surface area contributed by atoms with Crippen LogP contribution < -0.4 is 5.32 Å². The van der Waals surface area contributed by atoms with Crippen LogP contribution in [0.15, 0.2) is 24.5 Å². The fourth-order valence-electron chi connectivity index (χ4n) is 2.16. The van der Waals surface area contributed by atoms with Gasteiger partial charge in [0.25, 0.3) is 0 Å². The van der Waals surface area contributed by atoms with E-state index < -0.39 is 0 Å². The van der Waals surface area contributed by atoms with Crippen LogP contribution in [-0.4, -0.2) is 42.1 Å². The van der Waals surface area contributed by atoms with Gasteiger partial charge in [0.15, 0.2) is 0 Å². The lowest BCUT2D eigenvalue weighted by Crippen LogP contribution is -2.20. The molecule has 0 aliphatic carbocycles. The minimum absolute atomic E-state index is 0.995. The van der Waals surface area contributed by atoms with Crippen LogP contribution in [0, 0.1) is 0 Å². The van der Waals surface area contributed by atoms with Crippen molar-refractivity contribution in [1.29, 1.82) is 0 Å². The second-order valence-electron chi connectivity index (χ2n) is 4.80. The minimum Gasteiger partial charge on any atom is -0.345 e. The maximum absolute atomic E-state index is 4.23. The van der Waals surface area contributed by atoms with E-state index in [0.29, 0.717) is 0 Å². The zero-order valence-corrected chi connectivity index (χ0v) is 11.2. The molecule has 1 aromatic carbocycles. The molecule has 0 unspecified atom stereocenters. The summed E-state index contributed by atoms with van der Waals surface area (Å²) in [5, 5.41) is 3.18. The van der Waals surface area contributed by atoms with Crippen LogP contribution in [-0.2, 0) is 6.54 Å². The Bertz CT molecular complexity index is 477. The minimum atomic E-state index is 0.995. The van der Waals surface area contributed by atoms with Crippen molar-refractivity contribution in [3.05, 3.63) is 30.1 Å². The first-order valence-corrected chi connectivity index (χ1v) is 6.55. The van der Waals surface area contributed by atoms with Crippen molar-refractivity contribution in [3.8, 4) is 0 Å². The van der Waals surface area contributed by atoms with Gasteiger partial charge in [-0.3, -0.25) is 0 Å². The van der Waals surface area contributed by atoms with Crippen molar-refractivity contribution >= 4 is 11.0 Å².